The summed E-state index contributed by atoms with van der Waals surface area (Å²) in [6, 6.07) is 2.81. The first kappa shape index (κ1) is 24.4. The lowest BCUT2D eigenvalue weighted by Gasteiger charge is -2.31. The molecule has 1 fully saturated rings. The molecule has 0 radical (unpaired) electrons. The highest BCUT2D eigenvalue weighted by atomic mass is 35.5. The molecule has 2 aliphatic heterocycles. The van der Waals surface area contributed by atoms with Gasteiger partial charge in [0, 0.05) is 47.4 Å². The summed E-state index contributed by atoms with van der Waals surface area (Å²) in [5.74, 6) is -4.14. The van der Waals surface area contributed by atoms with Gasteiger partial charge in [-0.1, -0.05) is 30.7 Å². The van der Waals surface area contributed by atoms with Gasteiger partial charge in [-0.15, -0.1) is 11.3 Å². The number of alkyl halides is 2. The number of nitrogens with zero attached hydrogens (tertiary/aromatic N) is 3. The van der Waals surface area contributed by atoms with Crippen molar-refractivity contribution in [1.82, 2.24) is 15.2 Å². The van der Waals surface area contributed by atoms with Crippen molar-refractivity contribution in [2.75, 3.05) is 13.1 Å². The van der Waals surface area contributed by atoms with E-state index in [9.17, 15) is 18.0 Å². The van der Waals surface area contributed by atoms with Crippen molar-refractivity contribution in [3.63, 3.8) is 0 Å². The normalized spacial score (nSPS) is 22.8. The van der Waals surface area contributed by atoms with Crippen LogP contribution in [0.1, 0.15) is 36.4 Å². The van der Waals surface area contributed by atoms with Crippen LogP contribution in [0.25, 0.3) is 0 Å². The third kappa shape index (κ3) is 5.34. The standard InChI is InChI=1S/C23H22ClF3N4O2S/c1-2-15-18(11-31-12-23(26,27)10-14(31)4-6-19(32)33)29-21(22-28-7-8-34-22)30-20(15)16-5-3-13(25)9-17(16)24/h3-9,14,20H,2,10-12H2,1H3,(H,29,30)(H,32,33)/b6-4+/t14?,20-/m1/s1. The van der Waals surface area contributed by atoms with Gasteiger partial charge < -0.3 is 10.4 Å². The number of rotatable bonds is 7. The molecule has 0 aliphatic carbocycles. The van der Waals surface area contributed by atoms with Crippen molar-refractivity contribution in [3.05, 3.63) is 74.6 Å². The van der Waals surface area contributed by atoms with E-state index in [1.54, 1.807) is 22.5 Å². The number of nitrogens with one attached hydrogen (secondary N) is 1. The number of hydrogen-bond donors (Lipinski definition) is 2. The number of thiazole rings is 1. The Hall–Kier alpha value is -2.69. The molecule has 1 aromatic heterocycles. The Morgan fingerprint density at radius 3 is 2.88 bits per heavy atom. The summed E-state index contributed by atoms with van der Waals surface area (Å²) < 4.78 is 42.3. The fourth-order valence-electron chi connectivity index (χ4n) is 4.28. The highest BCUT2D eigenvalue weighted by molar-refractivity contribution is 7.11. The van der Waals surface area contributed by atoms with Crippen molar-refractivity contribution in [1.29, 1.82) is 0 Å². The predicted octanol–water partition coefficient (Wildman–Crippen LogP) is 5.04. The Bertz CT molecular complexity index is 1170. The summed E-state index contributed by atoms with van der Waals surface area (Å²) in [5, 5.41) is 14.9. The monoisotopic (exact) mass is 510 g/mol. The number of aromatic nitrogens is 1. The first-order valence-electron chi connectivity index (χ1n) is 10.6. The minimum Gasteiger partial charge on any atom is -0.478 e. The Kier molecular flexibility index (Phi) is 7.11. The molecule has 34 heavy (non-hydrogen) atoms. The van der Waals surface area contributed by atoms with Gasteiger partial charge in [-0.2, -0.15) is 0 Å². The van der Waals surface area contributed by atoms with Crippen LogP contribution in [0, 0.1) is 5.82 Å². The Morgan fingerprint density at radius 2 is 2.24 bits per heavy atom. The van der Waals surface area contributed by atoms with Crippen LogP contribution in [-0.4, -0.2) is 51.8 Å². The molecule has 1 aromatic carbocycles. The van der Waals surface area contributed by atoms with Crippen LogP contribution in [0.5, 0.6) is 0 Å². The number of benzene rings is 1. The minimum atomic E-state index is -2.94. The van der Waals surface area contributed by atoms with Crippen molar-refractivity contribution >= 4 is 34.7 Å². The molecule has 0 amide bonds. The number of amidine groups is 1. The van der Waals surface area contributed by atoms with Crippen LogP contribution in [0.15, 0.2) is 58.2 Å². The first-order chi connectivity index (χ1) is 16.2. The second-order valence-corrected chi connectivity index (χ2v) is 9.40. The first-order valence-corrected chi connectivity index (χ1v) is 11.9. The van der Waals surface area contributed by atoms with E-state index in [2.05, 4.69) is 10.3 Å². The third-order valence-corrected chi connectivity index (χ3v) is 6.86. The van der Waals surface area contributed by atoms with E-state index in [1.165, 1.54) is 29.5 Å². The van der Waals surface area contributed by atoms with E-state index in [4.69, 9.17) is 21.7 Å². The van der Waals surface area contributed by atoms with Gasteiger partial charge >= 0.3 is 5.97 Å². The molecule has 0 spiro atoms. The second kappa shape index (κ2) is 9.89. The molecule has 2 aromatic rings. The Balaban J connectivity index is 1.74. The number of carboxylic acids is 1. The molecule has 1 saturated heterocycles. The van der Waals surface area contributed by atoms with E-state index >= 15 is 0 Å². The maximum absolute atomic E-state index is 14.3. The lowest BCUT2D eigenvalue weighted by atomic mass is 9.93. The zero-order valence-corrected chi connectivity index (χ0v) is 19.7. The lowest BCUT2D eigenvalue weighted by molar-refractivity contribution is -0.131. The molecule has 2 atom stereocenters. The van der Waals surface area contributed by atoms with Crippen molar-refractivity contribution < 1.29 is 23.1 Å². The van der Waals surface area contributed by atoms with Crippen LogP contribution in [0.3, 0.4) is 0 Å². The average molecular weight is 511 g/mol. The van der Waals surface area contributed by atoms with E-state index in [0.717, 1.165) is 11.6 Å². The topological polar surface area (TPSA) is 77.8 Å². The van der Waals surface area contributed by atoms with Gasteiger partial charge in [-0.25, -0.2) is 22.9 Å². The van der Waals surface area contributed by atoms with Gasteiger partial charge in [0.1, 0.15) is 11.9 Å². The molecule has 0 bridgehead atoms. The van der Waals surface area contributed by atoms with E-state index < -0.39 is 42.8 Å². The molecule has 3 heterocycles. The summed E-state index contributed by atoms with van der Waals surface area (Å²) >= 11 is 7.74. The molecule has 0 saturated carbocycles. The number of likely N-dealkylation sites (tertiary alicyclic amines) is 1. The molecule has 4 rings (SSSR count). The predicted molar refractivity (Wildman–Crippen MR) is 125 cm³/mol. The zero-order chi connectivity index (χ0) is 24.5. The van der Waals surface area contributed by atoms with Crippen LogP contribution >= 0.6 is 22.9 Å². The average Bonchev–Trinajstić information content (AvgIpc) is 3.39. The summed E-state index contributed by atoms with van der Waals surface area (Å²) in [4.78, 5) is 21.6. The molecular formula is C23H22ClF3N4O2S. The maximum atomic E-state index is 14.3. The molecule has 180 valence electrons. The minimum absolute atomic E-state index is 0.118. The highest BCUT2D eigenvalue weighted by Gasteiger charge is 2.44. The molecular weight excluding hydrogens is 489 g/mol. The molecule has 1 unspecified atom stereocenters. The summed E-state index contributed by atoms with van der Waals surface area (Å²) in [6.45, 7) is 1.54. The third-order valence-electron chi connectivity index (χ3n) is 5.75. The molecule has 11 heteroatoms. The van der Waals surface area contributed by atoms with Crippen molar-refractivity contribution in [3.8, 4) is 0 Å². The van der Waals surface area contributed by atoms with E-state index in [-0.39, 0.29) is 11.6 Å². The van der Waals surface area contributed by atoms with Crippen LogP contribution in [0.2, 0.25) is 5.02 Å². The quantitative estimate of drug-likeness (QED) is 0.510. The van der Waals surface area contributed by atoms with E-state index in [1.807, 2.05) is 6.92 Å². The second-order valence-electron chi connectivity index (χ2n) is 8.10. The molecule has 6 nitrogen and oxygen atoms in total. The van der Waals surface area contributed by atoms with Gasteiger partial charge in [0.05, 0.1) is 6.54 Å². The number of aliphatic carboxylic acids is 1. The number of aliphatic imine (C=N–C) groups is 1. The lowest BCUT2D eigenvalue weighted by Crippen LogP contribution is -2.40. The molecule has 2 aliphatic rings. The molecule has 2 N–H and O–H groups in total. The van der Waals surface area contributed by atoms with E-state index in [0.29, 0.717) is 28.5 Å². The Morgan fingerprint density at radius 1 is 1.44 bits per heavy atom. The SMILES string of the molecule is CCC1=C(CN2CC(F)(F)CC2/C=C/C(=O)O)NC(c2nccs2)=N[C@H]1c1ccc(F)cc1Cl. The van der Waals surface area contributed by atoms with Gasteiger partial charge in [-0.3, -0.25) is 9.89 Å². The van der Waals surface area contributed by atoms with Gasteiger partial charge in [0.2, 0.25) is 0 Å². The van der Waals surface area contributed by atoms with Crippen LogP contribution < -0.4 is 5.32 Å². The zero-order valence-electron chi connectivity index (χ0n) is 18.1. The smallest absolute Gasteiger partial charge is 0.328 e. The summed E-state index contributed by atoms with van der Waals surface area (Å²) in [6.07, 6.45) is 3.90. The highest BCUT2D eigenvalue weighted by Crippen LogP contribution is 2.39. The van der Waals surface area contributed by atoms with Gasteiger partial charge in [0.15, 0.2) is 10.8 Å². The number of hydrogen-bond acceptors (Lipinski definition) is 6. The van der Waals surface area contributed by atoms with Crippen molar-refractivity contribution in [2.45, 2.75) is 37.8 Å². The van der Waals surface area contributed by atoms with Crippen LogP contribution in [-0.2, 0) is 4.79 Å². The summed E-state index contributed by atoms with van der Waals surface area (Å²) in [5.41, 5.74) is 2.09. The number of carboxylic acid groups (broad SMARTS) is 1. The summed E-state index contributed by atoms with van der Waals surface area (Å²) in [7, 11) is 0. The van der Waals surface area contributed by atoms with Crippen LogP contribution in [0.4, 0.5) is 13.2 Å². The Labute approximate surface area is 203 Å². The number of halogens is 4. The van der Waals surface area contributed by atoms with Gasteiger partial charge in [-0.05, 0) is 29.7 Å². The largest absolute Gasteiger partial charge is 0.478 e. The van der Waals surface area contributed by atoms with Crippen molar-refractivity contribution in [2.24, 2.45) is 4.99 Å². The number of carbonyl (C=O) groups is 1. The fraction of sp³-hybridized carbons (Fsp3) is 0.348. The van der Waals surface area contributed by atoms with Gasteiger partial charge in [0.25, 0.3) is 5.92 Å². The maximum Gasteiger partial charge on any atom is 0.328 e. The fourth-order valence-corrected chi connectivity index (χ4v) is 5.14.